The summed E-state index contributed by atoms with van der Waals surface area (Å²) in [5, 5.41) is 0. The molecule has 5 aliphatic rings. The molecule has 0 aliphatic heterocycles. The van der Waals surface area contributed by atoms with Gasteiger partial charge in [-0.2, -0.15) is 0 Å². The Kier molecular flexibility index (Phi) is 6.93. The number of allylic oxidation sites excluding steroid dienone is 2. The van der Waals surface area contributed by atoms with Gasteiger partial charge in [0.15, 0.2) is 0 Å². The minimum Gasteiger partial charge on any atom is -0.462 e. The molecular formula is C32H49NO4. The molecule has 9 atom stereocenters. The zero-order valence-corrected chi connectivity index (χ0v) is 23.7. The minimum absolute atomic E-state index is 0.00968. The molecule has 0 aromatic carbocycles. The molecule has 1 amide bonds. The Hall–Kier alpha value is -1.65. The van der Waals surface area contributed by atoms with E-state index in [4.69, 9.17) is 10.5 Å². The second kappa shape index (κ2) is 9.52. The largest absolute Gasteiger partial charge is 0.462 e. The van der Waals surface area contributed by atoms with Crippen molar-refractivity contribution in [1.29, 1.82) is 0 Å². The van der Waals surface area contributed by atoms with Crippen LogP contribution in [-0.2, 0) is 19.1 Å². The normalized spacial score (nSPS) is 46.8. The molecular weight excluding hydrogens is 462 g/mol. The smallest absolute Gasteiger partial charge is 0.306 e. The van der Waals surface area contributed by atoms with Crippen molar-refractivity contribution in [3.05, 3.63) is 11.6 Å². The Morgan fingerprint density at radius 3 is 2.57 bits per heavy atom. The summed E-state index contributed by atoms with van der Waals surface area (Å²) in [6.07, 6.45) is 16.7. The molecule has 0 saturated heterocycles. The number of rotatable bonds is 6. The minimum atomic E-state index is -0.323. The number of carbonyl (C=O) groups is 3. The maximum absolute atomic E-state index is 12.9. The fourth-order valence-electron chi connectivity index (χ4n) is 10.7. The van der Waals surface area contributed by atoms with Gasteiger partial charge in [0.05, 0.1) is 5.41 Å². The fraction of sp³-hybridized carbons (Fsp3) is 0.844. The third kappa shape index (κ3) is 3.87. The molecule has 5 rings (SSSR count). The number of carbonyl (C=O) groups excluding carboxylic acids is 3. The lowest BCUT2D eigenvalue weighted by Gasteiger charge is -2.69. The van der Waals surface area contributed by atoms with Gasteiger partial charge < -0.3 is 15.3 Å². The molecule has 0 spiro atoms. The second-order valence-electron chi connectivity index (χ2n) is 14.2. The fourth-order valence-corrected chi connectivity index (χ4v) is 10.7. The van der Waals surface area contributed by atoms with E-state index in [1.54, 1.807) is 5.57 Å². The maximum Gasteiger partial charge on any atom is 0.306 e. The SMILES string of the molecule is CC1C(OC(=O)CCCC=O)CCC2(C)C1CCC1(C)C2CC=C2C3CCCCC3(C(N)=O)CC[C@]21C. The van der Waals surface area contributed by atoms with E-state index in [2.05, 4.69) is 33.8 Å². The summed E-state index contributed by atoms with van der Waals surface area (Å²) in [5.41, 5.74) is 7.94. The van der Waals surface area contributed by atoms with Crippen molar-refractivity contribution >= 4 is 18.2 Å². The van der Waals surface area contributed by atoms with Gasteiger partial charge in [-0.3, -0.25) is 9.59 Å². The van der Waals surface area contributed by atoms with E-state index in [0.717, 1.165) is 57.7 Å². The van der Waals surface area contributed by atoms with Crippen molar-refractivity contribution in [2.75, 3.05) is 0 Å². The summed E-state index contributed by atoms with van der Waals surface area (Å²) in [6, 6.07) is 0. The number of amides is 1. The van der Waals surface area contributed by atoms with Crippen molar-refractivity contribution in [2.45, 2.75) is 124 Å². The molecule has 2 N–H and O–H groups in total. The summed E-state index contributed by atoms with van der Waals surface area (Å²) < 4.78 is 5.99. The van der Waals surface area contributed by atoms with Crippen molar-refractivity contribution in [3.63, 3.8) is 0 Å². The molecule has 4 fully saturated rings. The van der Waals surface area contributed by atoms with E-state index in [1.807, 2.05) is 0 Å². The second-order valence-corrected chi connectivity index (χ2v) is 14.2. The lowest BCUT2D eigenvalue weighted by Crippen LogP contribution is -2.63. The Morgan fingerprint density at radius 1 is 1.05 bits per heavy atom. The zero-order chi connectivity index (χ0) is 26.6. The van der Waals surface area contributed by atoms with Crippen molar-refractivity contribution in [1.82, 2.24) is 0 Å². The molecule has 0 aromatic rings. The van der Waals surface area contributed by atoms with Gasteiger partial charge in [0.2, 0.25) is 5.91 Å². The maximum atomic E-state index is 12.9. The lowest BCUT2D eigenvalue weighted by molar-refractivity contribution is -0.190. The predicted octanol–water partition coefficient (Wildman–Crippen LogP) is 6.53. The standard InChI is InChI=1S/C32H49NO4/c1-21-22-13-17-31(4)26(29(22,2)16-14-25(21)37-27(35)10-6-8-20-34)12-11-23-24-9-5-7-15-32(24,28(33)36)19-18-30(23,31)3/h11,20-22,24-26H,5-10,12-19H2,1-4H3,(H2,33,36)/t21?,22?,24?,25?,26?,29?,30-,31?,32?/m1/s1. The summed E-state index contributed by atoms with van der Waals surface area (Å²) >= 11 is 0. The van der Waals surface area contributed by atoms with Crippen LogP contribution in [0, 0.1) is 45.3 Å². The average molecular weight is 512 g/mol. The first-order chi connectivity index (χ1) is 17.5. The monoisotopic (exact) mass is 511 g/mol. The lowest BCUT2D eigenvalue weighted by atomic mass is 9.35. The first-order valence-corrected chi connectivity index (χ1v) is 15.2. The number of unbranched alkanes of at least 4 members (excludes halogenated alkanes) is 1. The van der Waals surface area contributed by atoms with Crippen LogP contribution in [0.5, 0.6) is 0 Å². The number of primary amides is 1. The van der Waals surface area contributed by atoms with Crippen LogP contribution >= 0.6 is 0 Å². The Morgan fingerprint density at radius 2 is 1.84 bits per heavy atom. The van der Waals surface area contributed by atoms with Gasteiger partial charge >= 0.3 is 5.97 Å². The third-order valence-corrected chi connectivity index (χ3v) is 13.0. The van der Waals surface area contributed by atoms with Gasteiger partial charge in [0.1, 0.15) is 12.4 Å². The molecule has 5 aliphatic carbocycles. The summed E-state index contributed by atoms with van der Waals surface area (Å²) in [6.45, 7) is 9.96. The number of hydrogen-bond donors (Lipinski definition) is 1. The van der Waals surface area contributed by atoms with E-state index in [1.165, 1.54) is 19.3 Å². The van der Waals surface area contributed by atoms with Gasteiger partial charge in [-0.25, -0.2) is 0 Å². The van der Waals surface area contributed by atoms with Crippen LogP contribution < -0.4 is 5.73 Å². The van der Waals surface area contributed by atoms with Gasteiger partial charge in [0, 0.05) is 12.8 Å². The Balaban J connectivity index is 1.40. The van der Waals surface area contributed by atoms with Gasteiger partial charge in [-0.05, 0) is 104 Å². The topological polar surface area (TPSA) is 86.5 Å². The summed E-state index contributed by atoms with van der Waals surface area (Å²) in [7, 11) is 0. The van der Waals surface area contributed by atoms with Crippen LogP contribution in [0.2, 0.25) is 0 Å². The quantitative estimate of drug-likeness (QED) is 0.190. The summed E-state index contributed by atoms with van der Waals surface area (Å²) in [5.74, 6) is 1.62. The van der Waals surface area contributed by atoms with Crippen molar-refractivity contribution < 1.29 is 19.1 Å². The molecule has 206 valence electrons. The number of esters is 1. The van der Waals surface area contributed by atoms with Gasteiger partial charge in [0.25, 0.3) is 0 Å². The van der Waals surface area contributed by atoms with Gasteiger partial charge in [-0.15, -0.1) is 0 Å². The number of hydrogen-bond acceptors (Lipinski definition) is 4. The van der Waals surface area contributed by atoms with Crippen LogP contribution in [0.1, 0.15) is 118 Å². The zero-order valence-electron chi connectivity index (χ0n) is 23.7. The molecule has 5 nitrogen and oxygen atoms in total. The van der Waals surface area contributed by atoms with Crippen molar-refractivity contribution in [3.8, 4) is 0 Å². The molecule has 0 heterocycles. The molecule has 0 bridgehead atoms. The highest BCUT2D eigenvalue weighted by Gasteiger charge is 2.67. The van der Waals surface area contributed by atoms with Crippen LogP contribution in [0.4, 0.5) is 0 Å². The highest BCUT2D eigenvalue weighted by Crippen LogP contribution is 2.74. The third-order valence-electron chi connectivity index (χ3n) is 13.0. The van der Waals surface area contributed by atoms with E-state index in [0.29, 0.717) is 42.9 Å². The van der Waals surface area contributed by atoms with E-state index in [-0.39, 0.29) is 39.6 Å². The molecule has 37 heavy (non-hydrogen) atoms. The van der Waals surface area contributed by atoms with Crippen LogP contribution in [0.15, 0.2) is 11.6 Å². The Labute approximate surface area is 223 Å². The number of ether oxygens (including phenoxy) is 1. The highest BCUT2D eigenvalue weighted by molar-refractivity contribution is 5.82. The Bertz CT molecular complexity index is 974. The van der Waals surface area contributed by atoms with E-state index < -0.39 is 0 Å². The van der Waals surface area contributed by atoms with E-state index in [9.17, 15) is 14.4 Å². The summed E-state index contributed by atoms with van der Waals surface area (Å²) in [4.78, 5) is 35.9. The average Bonchev–Trinajstić information content (AvgIpc) is 2.86. The van der Waals surface area contributed by atoms with Crippen molar-refractivity contribution in [2.24, 2.45) is 51.1 Å². The van der Waals surface area contributed by atoms with Crippen LogP contribution in [-0.4, -0.2) is 24.3 Å². The predicted molar refractivity (Wildman–Crippen MR) is 144 cm³/mol. The molecule has 4 saturated carbocycles. The first kappa shape index (κ1) is 26.9. The first-order valence-electron chi connectivity index (χ1n) is 15.2. The van der Waals surface area contributed by atoms with Crippen LogP contribution in [0.3, 0.4) is 0 Å². The molecule has 0 aromatic heterocycles. The number of fused-ring (bicyclic) bond motifs is 7. The molecule has 8 unspecified atom stereocenters. The highest BCUT2D eigenvalue weighted by atomic mass is 16.5. The van der Waals surface area contributed by atoms with Crippen LogP contribution in [0.25, 0.3) is 0 Å². The van der Waals surface area contributed by atoms with E-state index >= 15 is 0 Å². The molecule has 0 radical (unpaired) electrons. The number of aldehydes is 1. The molecule has 5 heteroatoms. The van der Waals surface area contributed by atoms with Gasteiger partial charge in [-0.1, -0.05) is 52.2 Å². The number of nitrogens with two attached hydrogens (primary N) is 1.